The summed E-state index contributed by atoms with van der Waals surface area (Å²) < 4.78 is 4.93. The second-order valence-corrected chi connectivity index (χ2v) is 1.99. The normalized spacial score (nSPS) is 27.4. The van der Waals surface area contributed by atoms with Crippen LogP contribution in [0.25, 0.3) is 0 Å². The third kappa shape index (κ3) is 1.23. The lowest BCUT2D eigenvalue weighted by Gasteiger charge is -2.14. The summed E-state index contributed by atoms with van der Waals surface area (Å²) in [5, 5.41) is 8.58. The van der Waals surface area contributed by atoms with Crippen molar-refractivity contribution in [2.45, 2.75) is 6.42 Å². The summed E-state index contributed by atoms with van der Waals surface area (Å²) in [6.45, 7) is 0.914. The van der Waals surface area contributed by atoms with Crippen LogP contribution in [0.15, 0.2) is 12.3 Å². The molecule has 0 fully saturated rings. The van der Waals surface area contributed by atoms with Crippen LogP contribution in [0, 0.1) is 5.92 Å². The summed E-state index contributed by atoms with van der Waals surface area (Å²) >= 11 is 0. The SMILES string of the molecule is OCC1CC=COC1. The van der Waals surface area contributed by atoms with Gasteiger partial charge in [0.15, 0.2) is 0 Å². The summed E-state index contributed by atoms with van der Waals surface area (Å²) in [6, 6.07) is 0. The zero-order valence-electron chi connectivity index (χ0n) is 4.71. The molecule has 1 heterocycles. The van der Waals surface area contributed by atoms with Gasteiger partial charge in [-0.2, -0.15) is 0 Å². The number of hydrogen-bond acceptors (Lipinski definition) is 2. The highest BCUT2D eigenvalue weighted by atomic mass is 16.5. The molecule has 1 aliphatic heterocycles. The van der Waals surface area contributed by atoms with Crippen molar-refractivity contribution in [2.75, 3.05) is 13.2 Å². The van der Waals surface area contributed by atoms with Gasteiger partial charge >= 0.3 is 0 Å². The summed E-state index contributed by atoms with van der Waals surface area (Å²) in [6.07, 6.45) is 4.58. The monoisotopic (exact) mass is 114 g/mol. The van der Waals surface area contributed by atoms with Crippen molar-refractivity contribution in [2.24, 2.45) is 5.92 Å². The third-order valence-corrected chi connectivity index (χ3v) is 1.25. The van der Waals surface area contributed by atoms with E-state index in [1.165, 1.54) is 0 Å². The van der Waals surface area contributed by atoms with Crippen molar-refractivity contribution >= 4 is 0 Å². The van der Waals surface area contributed by atoms with E-state index in [-0.39, 0.29) is 6.61 Å². The molecular formula is C6H10O2. The molecule has 0 bridgehead atoms. The van der Waals surface area contributed by atoms with Gasteiger partial charge < -0.3 is 9.84 Å². The molecule has 0 aromatic carbocycles. The number of aliphatic hydroxyl groups excluding tert-OH is 1. The standard InChI is InChI=1S/C6H10O2/c7-4-6-2-1-3-8-5-6/h1,3,6-7H,2,4-5H2. The zero-order valence-corrected chi connectivity index (χ0v) is 4.71. The average molecular weight is 114 g/mol. The Balaban J connectivity index is 2.27. The lowest BCUT2D eigenvalue weighted by Crippen LogP contribution is -2.13. The molecule has 0 aromatic heterocycles. The fourth-order valence-electron chi connectivity index (χ4n) is 0.703. The van der Waals surface area contributed by atoms with Gasteiger partial charge in [-0.25, -0.2) is 0 Å². The van der Waals surface area contributed by atoms with Gasteiger partial charge in [0.25, 0.3) is 0 Å². The van der Waals surface area contributed by atoms with Crippen LogP contribution in [-0.2, 0) is 4.74 Å². The van der Waals surface area contributed by atoms with Crippen LogP contribution in [0.5, 0.6) is 0 Å². The molecule has 1 aliphatic rings. The van der Waals surface area contributed by atoms with Crippen molar-refractivity contribution in [1.29, 1.82) is 0 Å². The highest BCUT2D eigenvalue weighted by molar-refractivity contribution is 4.81. The van der Waals surface area contributed by atoms with Gasteiger partial charge in [-0.1, -0.05) is 0 Å². The number of allylic oxidation sites excluding steroid dienone is 1. The quantitative estimate of drug-likeness (QED) is 0.538. The first kappa shape index (κ1) is 5.63. The van der Waals surface area contributed by atoms with Crippen LogP contribution in [0.2, 0.25) is 0 Å². The summed E-state index contributed by atoms with van der Waals surface area (Å²) in [4.78, 5) is 0. The van der Waals surface area contributed by atoms with E-state index < -0.39 is 0 Å². The number of ether oxygens (including phenoxy) is 1. The van der Waals surface area contributed by atoms with Crippen LogP contribution in [-0.4, -0.2) is 18.3 Å². The fourth-order valence-corrected chi connectivity index (χ4v) is 0.703. The van der Waals surface area contributed by atoms with Crippen molar-refractivity contribution in [3.05, 3.63) is 12.3 Å². The van der Waals surface area contributed by atoms with Gasteiger partial charge in [-0.15, -0.1) is 0 Å². The van der Waals surface area contributed by atoms with E-state index in [2.05, 4.69) is 0 Å². The zero-order chi connectivity index (χ0) is 5.82. The molecule has 1 unspecified atom stereocenters. The van der Waals surface area contributed by atoms with Gasteiger partial charge in [0.1, 0.15) is 0 Å². The second-order valence-electron chi connectivity index (χ2n) is 1.99. The van der Waals surface area contributed by atoms with Crippen molar-refractivity contribution in [3.8, 4) is 0 Å². The molecule has 1 N–H and O–H groups in total. The first-order valence-corrected chi connectivity index (χ1v) is 2.81. The molecule has 0 saturated carbocycles. The molecule has 2 heteroatoms. The Morgan fingerprint density at radius 2 is 2.62 bits per heavy atom. The van der Waals surface area contributed by atoms with Crippen LogP contribution in [0.1, 0.15) is 6.42 Å². The molecule has 2 nitrogen and oxygen atoms in total. The summed E-state index contributed by atoms with van der Waals surface area (Å²) in [5.41, 5.74) is 0. The molecule has 0 radical (unpaired) electrons. The lowest BCUT2D eigenvalue weighted by atomic mass is 10.1. The Morgan fingerprint density at radius 3 is 3.00 bits per heavy atom. The lowest BCUT2D eigenvalue weighted by molar-refractivity contribution is 0.123. The van der Waals surface area contributed by atoms with Crippen molar-refractivity contribution in [3.63, 3.8) is 0 Å². The van der Waals surface area contributed by atoms with E-state index in [4.69, 9.17) is 9.84 Å². The molecule has 0 spiro atoms. The molecule has 0 aromatic rings. The Hall–Kier alpha value is -0.500. The van der Waals surface area contributed by atoms with E-state index >= 15 is 0 Å². The predicted molar refractivity (Wildman–Crippen MR) is 30.3 cm³/mol. The van der Waals surface area contributed by atoms with Crippen LogP contribution < -0.4 is 0 Å². The largest absolute Gasteiger partial charge is 0.501 e. The van der Waals surface area contributed by atoms with Crippen LogP contribution in [0.4, 0.5) is 0 Å². The molecule has 1 rings (SSSR count). The minimum atomic E-state index is 0.240. The maximum absolute atomic E-state index is 8.58. The van der Waals surface area contributed by atoms with Gasteiger partial charge in [-0.05, 0) is 12.5 Å². The number of hydrogen-bond donors (Lipinski definition) is 1. The number of aliphatic hydroxyl groups is 1. The van der Waals surface area contributed by atoms with E-state index in [9.17, 15) is 0 Å². The van der Waals surface area contributed by atoms with Gasteiger partial charge in [0.05, 0.1) is 12.9 Å². The highest BCUT2D eigenvalue weighted by Crippen LogP contribution is 2.08. The topological polar surface area (TPSA) is 29.5 Å². The highest BCUT2D eigenvalue weighted by Gasteiger charge is 2.07. The first-order valence-electron chi connectivity index (χ1n) is 2.81. The maximum atomic E-state index is 8.58. The maximum Gasteiger partial charge on any atom is 0.0926 e. The molecule has 0 amide bonds. The third-order valence-electron chi connectivity index (χ3n) is 1.25. The Bertz CT molecular complexity index is 88.5. The molecule has 0 saturated heterocycles. The summed E-state index contributed by atoms with van der Waals surface area (Å²) in [5.74, 6) is 0.333. The van der Waals surface area contributed by atoms with Gasteiger partial charge in [-0.3, -0.25) is 0 Å². The Kier molecular flexibility index (Phi) is 1.92. The average Bonchev–Trinajstić information content (AvgIpc) is 1.90. The Labute approximate surface area is 48.8 Å². The van der Waals surface area contributed by atoms with E-state index in [1.54, 1.807) is 6.26 Å². The molecule has 0 aliphatic carbocycles. The van der Waals surface area contributed by atoms with Gasteiger partial charge in [0, 0.05) is 12.5 Å². The van der Waals surface area contributed by atoms with Crippen LogP contribution >= 0.6 is 0 Å². The molecular weight excluding hydrogens is 104 g/mol. The van der Waals surface area contributed by atoms with Crippen LogP contribution in [0.3, 0.4) is 0 Å². The predicted octanol–water partition coefficient (Wildman–Crippen LogP) is 0.529. The van der Waals surface area contributed by atoms with Crippen molar-refractivity contribution in [1.82, 2.24) is 0 Å². The molecule has 8 heavy (non-hydrogen) atoms. The second kappa shape index (κ2) is 2.72. The van der Waals surface area contributed by atoms with Gasteiger partial charge in [0.2, 0.25) is 0 Å². The van der Waals surface area contributed by atoms with E-state index in [0.717, 1.165) is 6.42 Å². The first-order chi connectivity index (χ1) is 3.93. The minimum absolute atomic E-state index is 0.240. The molecule has 1 atom stereocenters. The van der Waals surface area contributed by atoms with Crippen molar-refractivity contribution < 1.29 is 9.84 Å². The number of rotatable bonds is 1. The fraction of sp³-hybridized carbons (Fsp3) is 0.667. The van der Waals surface area contributed by atoms with E-state index in [0.29, 0.717) is 12.5 Å². The minimum Gasteiger partial charge on any atom is -0.501 e. The molecule has 46 valence electrons. The smallest absolute Gasteiger partial charge is 0.0926 e. The summed E-state index contributed by atoms with van der Waals surface area (Å²) in [7, 11) is 0. The van der Waals surface area contributed by atoms with E-state index in [1.807, 2.05) is 6.08 Å². The Morgan fingerprint density at radius 1 is 1.75 bits per heavy atom.